The number of carbonyl (C=O) groups excluding carboxylic acids is 1. The van der Waals surface area contributed by atoms with Crippen LogP contribution in [0.25, 0.3) is 0 Å². The van der Waals surface area contributed by atoms with Gasteiger partial charge in [0.05, 0.1) is 16.8 Å². The molecule has 0 aromatic heterocycles. The molecule has 0 spiro atoms. The van der Waals surface area contributed by atoms with Crippen molar-refractivity contribution in [2.24, 2.45) is 0 Å². The topological polar surface area (TPSA) is 64.9 Å². The van der Waals surface area contributed by atoms with E-state index in [1.807, 2.05) is 19.1 Å². The lowest BCUT2D eigenvalue weighted by atomic mass is 10.0. The Kier molecular flexibility index (Phi) is 3.87. The third-order valence-corrected chi connectivity index (χ3v) is 2.83. The number of hydrogen-bond acceptors (Lipinski definition) is 3. The van der Waals surface area contributed by atoms with Crippen molar-refractivity contribution in [2.45, 2.75) is 26.3 Å². The van der Waals surface area contributed by atoms with Crippen LogP contribution < -0.4 is 10.6 Å². The van der Waals surface area contributed by atoms with E-state index in [1.54, 1.807) is 27.0 Å². The van der Waals surface area contributed by atoms with Gasteiger partial charge in [0.1, 0.15) is 6.07 Å². The normalized spacial score (nSPS) is 10.8. The molecule has 4 heteroatoms. The summed E-state index contributed by atoms with van der Waals surface area (Å²) in [5.74, 6) is -0.165. The lowest BCUT2D eigenvalue weighted by Gasteiger charge is -2.23. The van der Waals surface area contributed by atoms with E-state index in [2.05, 4.69) is 16.7 Å². The molecule has 0 radical (unpaired) electrons. The summed E-state index contributed by atoms with van der Waals surface area (Å²) in [6, 6.07) is 7.50. The molecule has 17 heavy (non-hydrogen) atoms. The maximum absolute atomic E-state index is 12.0. The molecule has 2 N–H and O–H groups in total. The van der Waals surface area contributed by atoms with Gasteiger partial charge in [-0.25, -0.2) is 0 Å². The van der Waals surface area contributed by atoms with E-state index >= 15 is 0 Å². The summed E-state index contributed by atoms with van der Waals surface area (Å²) >= 11 is 0. The van der Waals surface area contributed by atoms with Crippen molar-refractivity contribution in [1.82, 2.24) is 5.32 Å². The number of nitrogens with one attached hydrogen (secondary N) is 2. The molecule has 4 nitrogen and oxygen atoms in total. The second-order valence-electron chi connectivity index (χ2n) is 4.44. The van der Waals surface area contributed by atoms with Crippen molar-refractivity contribution in [3.63, 3.8) is 0 Å². The highest BCUT2D eigenvalue weighted by Gasteiger charge is 2.25. The largest absolute Gasteiger partial charge is 0.323 e. The SMILES string of the molecule is CNC(C)(C)C(=O)Nc1cccc(C)c1C#N. The minimum absolute atomic E-state index is 0.165. The lowest BCUT2D eigenvalue weighted by Crippen LogP contribution is -2.48. The van der Waals surface area contributed by atoms with Crippen molar-refractivity contribution < 1.29 is 4.79 Å². The minimum Gasteiger partial charge on any atom is -0.323 e. The highest BCUT2D eigenvalue weighted by Crippen LogP contribution is 2.19. The number of rotatable bonds is 3. The van der Waals surface area contributed by atoms with Crippen molar-refractivity contribution in [1.29, 1.82) is 5.26 Å². The fourth-order valence-electron chi connectivity index (χ4n) is 1.31. The standard InChI is InChI=1S/C13H17N3O/c1-9-6-5-7-11(10(9)8-14)16-12(17)13(2,3)15-4/h5-7,15H,1-4H3,(H,16,17). The Morgan fingerprint density at radius 2 is 2.06 bits per heavy atom. The van der Waals surface area contributed by atoms with Gasteiger partial charge in [0.25, 0.3) is 0 Å². The van der Waals surface area contributed by atoms with Crippen LogP contribution in [0.5, 0.6) is 0 Å². The Labute approximate surface area is 102 Å². The monoisotopic (exact) mass is 231 g/mol. The number of benzene rings is 1. The number of carbonyl (C=O) groups is 1. The number of aryl methyl sites for hydroxylation is 1. The molecule has 0 aliphatic rings. The smallest absolute Gasteiger partial charge is 0.244 e. The first-order chi connectivity index (χ1) is 7.92. The quantitative estimate of drug-likeness (QED) is 0.833. The summed E-state index contributed by atoms with van der Waals surface area (Å²) in [5.41, 5.74) is 1.25. The molecule has 0 bridgehead atoms. The Balaban J connectivity index is 3.02. The number of nitriles is 1. The van der Waals surface area contributed by atoms with Gasteiger partial charge < -0.3 is 10.6 Å². The van der Waals surface area contributed by atoms with Crippen LogP contribution in [0.4, 0.5) is 5.69 Å². The predicted molar refractivity (Wildman–Crippen MR) is 67.7 cm³/mol. The first-order valence-corrected chi connectivity index (χ1v) is 5.42. The zero-order valence-corrected chi connectivity index (χ0v) is 10.6. The van der Waals surface area contributed by atoms with Gasteiger partial charge in [-0.1, -0.05) is 12.1 Å². The molecule has 0 heterocycles. The van der Waals surface area contributed by atoms with Crippen LogP contribution in [-0.4, -0.2) is 18.5 Å². The molecule has 0 atom stereocenters. The Hall–Kier alpha value is -1.86. The third-order valence-electron chi connectivity index (χ3n) is 2.83. The first kappa shape index (κ1) is 13.2. The predicted octanol–water partition coefficient (Wildman–Crippen LogP) is 1.80. The average molecular weight is 231 g/mol. The molecule has 0 unspecified atom stereocenters. The molecule has 0 saturated carbocycles. The zero-order valence-electron chi connectivity index (χ0n) is 10.6. The Morgan fingerprint density at radius 1 is 1.41 bits per heavy atom. The summed E-state index contributed by atoms with van der Waals surface area (Å²) in [6.07, 6.45) is 0. The highest BCUT2D eigenvalue weighted by molar-refractivity contribution is 5.98. The Morgan fingerprint density at radius 3 is 2.59 bits per heavy atom. The summed E-state index contributed by atoms with van der Waals surface area (Å²) in [7, 11) is 1.72. The van der Waals surface area contributed by atoms with E-state index in [9.17, 15) is 4.79 Å². The van der Waals surface area contributed by atoms with Gasteiger partial charge in [0, 0.05) is 0 Å². The number of anilines is 1. The molecule has 0 fully saturated rings. The maximum atomic E-state index is 12.0. The van der Waals surface area contributed by atoms with Gasteiger partial charge in [0.15, 0.2) is 0 Å². The van der Waals surface area contributed by atoms with Gasteiger partial charge in [-0.15, -0.1) is 0 Å². The summed E-state index contributed by atoms with van der Waals surface area (Å²) in [6.45, 7) is 5.41. The van der Waals surface area contributed by atoms with E-state index in [4.69, 9.17) is 5.26 Å². The van der Waals surface area contributed by atoms with Crippen LogP contribution in [0, 0.1) is 18.3 Å². The molecule has 1 rings (SSSR count). The molecular formula is C13H17N3O. The number of amides is 1. The molecule has 90 valence electrons. The Bertz CT molecular complexity index is 472. The van der Waals surface area contributed by atoms with Gasteiger partial charge in [-0.05, 0) is 39.4 Å². The van der Waals surface area contributed by atoms with E-state index < -0.39 is 5.54 Å². The van der Waals surface area contributed by atoms with E-state index in [0.29, 0.717) is 11.3 Å². The van der Waals surface area contributed by atoms with Crippen LogP contribution in [-0.2, 0) is 4.79 Å². The molecule has 1 aromatic rings. The van der Waals surface area contributed by atoms with E-state index in [0.717, 1.165) is 5.56 Å². The van der Waals surface area contributed by atoms with Crippen LogP contribution in [0.1, 0.15) is 25.0 Å². The third kappa shape index (κ3) is 2.83. The van der Waals surface area contributed by atoms with E-state index in [1.165, 1.54) is 0 Å². The van der Waals surface area contributed by atoms with E-state index in [-0.39, 0.29) is 5.91 Å². The van der Waals surface area contributed by atoms with Crippen LogP contribution in [0.2, 0.25) is 0 Å². The number of likely N-dealkylation sites (N-methyl/N-ethyl adjacent to an activating group) is 1. The van der Waals surface area contributed by atoms with Gasteiger partial charge in [-0.2, -0.15) is 5.26 Å². The van der Waals surface area contributed by atoms with Crippen molar-refractivity contribution in [2.75, 3.05) is 12.4 Å². The maximum Gasteiger partial charge on any atom is 0.244 e. The summed E-state index contributed by atoms with van der Waals surface area (Å²) < 4.78 is 0. The van der Waals surface area contributed by atoms with Gasteiger partial charge in [-0.3, -0.25) is 4.79 Å². The second-order valence-corrected chi connectivity index (χ2v) is 4.44. The second kappa shape index (κ2) is 4.98. The van der Waals surface area contributed by atoms with Crippen LogP contribution in [0.15, 0.2) is 18.2 Å². The first-order valence-electron chi connectivity index (χ1n) is 5.42. The number of hydrogen-bond donors (Lipinski definition) is 2. The van der Waals surface area contributed by atoms with Crippen molar-refractivity contribution in [3.05, 3.63) is 29.3 Å². The summed E-state index contributed by atoms with van der Waals surface area (Å²) in [4.78, 5) is 12.0. The molecule has 0 aliphatic heterocycles. The molecule has 0 aliphatic carbocycles. The average Bonchev–Trinajstić information content (AvgIpc) is 2.29. The molecule has 1 amide bonds. The molecule has 1 aromatic carbocycles. The van der Waals surface area contributed by atoms with Gasteiger partial charge >= 0.3 is 0 Å². The molecule has 0 saturated heterocycles. The van der Waals surface area contributed by atoms with Crippen LogP contribution in [0.3, 0.4) is 0 Å². The minimum atomic E-state index is -0.670. The zero-order chi connectivity index (χ0) is 13.1. The lowest BCUT2D eigenvalue weighted by molar-refractivity contribution is -0.121. The molecular weight excluding hydrogens is 214 g/mol. The number of nitrogens with zero attached hydrogens (tertiary/aromatic N) is 1. The fraction of sp³-hybridized carbons (Fsp3) is 0.385. The van der Waals surface area contributed by atoms with Crippen molar-refractivity contribution >= 4 is 11.6 Å². The summed E-state index contributed by atoms with van der Waals surface area (Å²) in [5, 5.41) is 14.7. The highest BCUT2D eigenvalue weighted by atomic mass is 16.2. The van der Waals surface area contributed by atoms with Crippen LogP contribution >= 0.6 is 0 Å². The fourth-order valence-corrected chi connectivity index (χ4v) is 1.31. The van der Waals surface area contributed by atoms with Gasteiger partial charge in [0.2, 0.25) is 5.91 Å². The van der Waals surface area contributed by atoms with Crippen molar-refractivity contribution in [3.8, 4) is 6.07 Å².